The highest BCUT2D eigenvalue weighted by Gasteiger charge is 2.23. The van der Waals surface area contributed by atoms with Crippen molar-refractivity contribution in [1.29, 1.82) is 0 Å². The molecular weight excluding hydrogens is 258 g/mol. The molecule has 100 valence electrons. The zero-order valence-corrected chi connectivity index (χ0v) is 11.7. The Bertz CT molecular complexity index is 515. The number of ether oxygens (including phenoxy) is 1. The van der Waals surface area contributed by atoms with E-state index < -0.39 is 0 Å². The molecule has 2 aromatic rings. The second kappa shape index (κ2) is 6.71. The molecule has 2 atom stereocenters. The molecule has 0 heterocycles. The second-order valence-corrected chi connectivity index (χ2v) is 4.74. The smallest absolute Gasteiger partial charge is 0.102 e. The highest BCUT2D eigenvalue weighted by Crippen LogP contribution is 2.33. The van der Waals surface area contributed by atoms with E-state index in [2.05, 4.69) is 0 Å². The molecule has 2 unspecified atom stereocenters. The van der Waals surface area contributed by atoms with Crippen LogP contribution < -0.4 is 5.73 Å². The minimum absolute atomic E-state index is 0.189. The van der Waals surface area contributed by atoms with E-state index in [1.54, 1.807) is 0 Å². The Balaban J connectivity index is 2.32. The van der Waals surface area contributed by atoms with Gasteiger partial charge in [0.25, 0.3) is 0 Å². The second-order valence-electron chi connectivity index (χ2n) is 4.33. The van der Waals surface area contributed by atoms with Gasteiger partial charge in [-0.3, -0.25) is 0 Å². The lowest BCUT2D eigenvalue weighted by Gasteiger charge is -2.25. The minimum atomic E-state index is -0.281. The summed E-state index contributed by atoms with van der Waals surface area (Å²) in [5.74, 6) is 0. The summed E-state index contributed by atoms with van der Waals surface area (Å²) in [5, 5.41) is 0.677. The largest absolute Gasteiger partial charge is 0.372 e. The summed E-state index contributed by atoms with van der Waals surface area (Å²) < 4.78 is 5.82. The molecule has 0 spiro atoms. The summed E-state index contributed by atoms with van der Waals surface area (Å²) in [6, 6.07) is 17.4. The average molecular weight is 276 g/mol. The van der Waals surface area contributed by atoms with Crippen LogP contribution in [0.1, 0.15) is 30.2 Å². The first kappa shape index (κ1) is 14.1. The molecule has 2 aromatic carbocycles. The Kier molecular flexibility index (Phi) is 4.97. The van der Waals surface area contributed by atoms with Crippen LogP contribution in [0.15, 0.2) is 54.6 Å². The first-order valence-electron chi connectivity index (χ1n) is 6.40. The number of nitrogens with two attached hydrogens (primary N) is 1. The highest BCUT2D eigenvalue weighted by molar-refractivity contribution is 6.31. The molecule has 0 aliphatic carbocycles. The Hall–Kier alpha value is -1.35. The normalized spacial score (nSPS) is 14.1. The van der Waals surface area contributed by atoms with E-state index >= 15 is 0 Å². The van der Waals surface area contributed by atoms with Crippen molar-refractivity contribution in [2.75, 3.05) is 6.61 Å². The van der Waals surface area contributed by atoms with Gasteiger partial charge in [0.2, 0.25) is 0 Å². The standard InChI is InChI=1S/C16H18ClNO/c1-2-19-16(12-8-4-3-5-9-12)15(18)13-10-6-7-11-14(13)17/h3-11,15-16H,2,18H2,1H3. The zero-order chi connectivity index (χ0) is 13.7. The molecule has 2 nitrogen and oxygen atoms in total. The van der Waals surface area contributed by atoms with Crippen LogP contribution in [0.3, 0.4) is 0 Å². The van der Waals surface area contributed by atoms with Gasteiger partial charge in [-0.1, -0.05) is 60.1 Å². The SMILES string of the molecule is CCOC(c1ccccc1)C(N)c1ccccc1Cl. The van der Waals surface area contributed by atoms with Gasteiger partial charge in [-0.2, -0.15) is 0 Å². The van der Waals surface area contributed by atoms with Crippen molar-refractivity contribution in [3.05, 3.63) is 70.7 Å². The number of benzene rings is 2. The first-order chi connectivity index (χ1) is 9.24. The van der Waals surface area contributed by atoms with Gasteiger partial charge in [-0.05, 0) is 24.1 Å². The molecule has 0 saturated heterocycles. The molecule has 2 N–H and O–H groups in total. The van der Waals surface area contributed by atoms with Crippen LogP contribution in [0.4, 0.5) is 0 Å². The maximum Gasteiger partial charge on any atom is 0.102 e. The Morgan fingerprint density at radius 1 is 1.05 bits per heavy atom. The van der Waals surface area contributed by atoms with Crippen molar-refractivity contribution in [3.63, 3.8) is 0 Å². The maximum absolute atomic E-state index is 6.35. The van der Waals surface area contributed by atoms with Crippen molar-refractivity contribution in [3.8, 4) is 0 Å². The van der Waals surface area contributed by atoms with E-state index in [9.17, 15) is 0 Å². The van der Waals surface area contributed by atoms with Crippen LogP contribution in [-0.4, -0.2) is 6.61 Å². The van der Waals surface area contributed by atoms with Gasteiger partial charge in [-0.25, -0.2) is 0 Å². The molecule has 0 aromatic heterocycles. The van der Waals surface area contributed by atoms with E-state index in [1.165, 1.54) is 0 Å². The average Bonchev–Trinajstić information content (AvgIpc) is 2.45. The van der Waals surface area contributed by atoms with Crippen molar-refractivity contribution in [1.82, 2.24) is 0 Å². The van der Waals surface area contributed by atoms with Gasteiger partial charge in [0.05, 0.1) is 6.04 Å². The Morgan fingerprint density at radius 2 is 1.68 bits per heavy atom. The molecule has 0 aliphatic rings. The first-order valence-corrected chi connectivity index (χ1v) is 6.78. The fourth-order valence-electron chi connectivity index (χ4n) is 2.14. The summed E-state index contributed by atoms with van der Waals surface area (Å²) >= 11 is 6.22. The predicted molar refractivity (Wildman–Crippen MR) is 79.2 cm³/mol. The van der Waals surface area contributed by atoms with Crippen molar-refractivity contribution in [2.45, 2.75) is 19.1 Å². The molecule has 0 radical (unpaired) electrons. The van der Waals surface area contributed by atoms with Gasteiger partial charge in [0, 0.05) is 11.6 Å². The van der Waals surface area contributed by atoms with E-state index in [-0.39, 0.29) is 12.1 Å². The lowest BCUT2D eigenvalue weighted by atomic mass is 9.96. The molecule has 0 amide bonds. The van der Waals surface area contributed by atoms with Crippen molar-refractivity contribution >= 4 is 11.6 Å². The third-order valence-electron chi connectivity index (χ3n) is 3.06. The van der Waals surface area contributed by atoms with Crippen LogP contribution in [0.5, 0.6) is 0 Å². The quantitative estimate of drug-likeness (QED) is 0.891. The van der Waals surface area contributed by atoms with Gasteiger partial charge in [-0.15, -0.1) is 0 Å². The summed E-state index contributed by atoms with van der Waals surface area (Å²) in [5.41, 5.74) is 8.32. The van der Waals surface area contributed by atoms with Crippen LogP contribution in [-0.2, 0) is 4.74 Å². The zero-order valence-electron chi connectivity index (χ0n) is 10.9. The number of hydrogen-bond acceptors (Lipinski definition) is 2. The van der Waals surface area contributed by atoms with E-state index in [1.807, 2.05) is 61.5 Å². The summed E-state index contributed by atoms with van der Waals surface area (Å²) in [4.78, 5) is 0. The lowest BCUT2D eigenvalue weighted by Crippen LogP contribution is -2.22. The molecule has 19 heavy (non-hydrogen) atoms. The van der Waals surface area contributed by atoms with E-state index in [0.29, 0.717) is 11.6 Å². The molecule has 3 heteroatoms. The number of rotatable bonds is 5. The van der Waals surface area contributed by atoms with Gasteiger partial charge < -0.3 is 10.5 Å². The van der Waals surface area contributed by atoms with Gasteiger partial charge >= 0.3 is 0 Å². The van der Waals surface area contributed by atoms with Crippen LogP contribution in [0.2, 0.25) is 5.02 Å². The molecule has 0 fully saturated rings. The monoisotopic (exact) mass is 275 g/mol. The molecular formula is C16H18ClNO. The lowest BCUT2D eigenvalue weighted by molar-refractivity contribution is 0.0429. The van der Waals surface area contributed by atoms with Gasteiger partial charge in [0.15, 0.2) is 0 Å². The topological polar surface area (TPSA) is 35.2 Å². The van der Waals surface area contributed by atoms with Crippen LogP contribution >= 0.6 is 11.6 Å². The summed E-state index contributed by atoms with van der Waals surface area (Å²) in [6.45, 7) is 2.58. The number of hydrogen-bond donors (Lipinski definition) is 1. The van der Waals surface area contributed by atoms with Gasteiger partial charge in [0.1, 0.15) is 6.10 Å². The minimum Gasteiger partial charge on any atom is -0.372 e. The van der Waals surface area contributed by atoms with Crippen molar-refractivity contribution in [2.24, 2.45) is 5.73 Å². The number of halogens is 1. The molecule has 0 aliphatic heterocycles. The summed E-state index contributed by atoms with van der Waals surface area (Å²) in [7, 11) is 0. The third kappa shape index (κ3) is 3.35. The molecule has 0 saturated carbocycles. The van der Waals surface area contributed by atoms with E-state index in [0.717, 1.165) is 11.1 Å². The third-order valence-corrected chi connectivity index (χ3v) is 3.41. The fraction of sp³-hybridized carbons (Fsp3) is 0.250. The van der Waals surface area contributed by atoms with Crippen LogP contribution in [0.25, 0.3) is 0 Å². The van der Waals surface area contributed by atoms with Crippen LogP contribution in [0, 0.1) is 0 Å². The van der Waals surface area contributed by atoms with E-state index in [4.69, 9.17) is 22.1 Å². The fourth-order valence-corrected chi connectivity index (χ4v) is 2.40. The Labute approximate surface area is 119 Å². The predicted octanol–water partition coefficient (Wildman–Crippen LogP) is 4.12. The van der Waals surface area contributed by atoms with Crippen molar-refractivity contribution < 1.29 is 4.74 Å². The summed E-state index contributed by atoms with van der Waals surface area (Å²) in [6.07, 6.45) is -0.189. The highest BCUT2D eigenvalue weighted by atomic mass is 35.5. The molecule has 2 rings (SSSR count). The molecule has 0 bridgehead atoms. The maximum atomic E-state index is 6.35. The Morgan fingerprint density at radius 3 is 2.32 bits per heavy atom.